The first kappa shape index (κ1) is 17.5. The maximum Gasteiger partial charge on any atom is 0.236 e. The summed E-state index contributed by atoms with van der Waals surface area (Å²) in [7, 11) is 3.51. The zero-order valence-electron chi connectivity index (χ0n) is 15.9. The Hall–Kier alpha value is -2.86. The first-order valence-electron chi connectivity index (χ1n) is 9.05. The number of amides is 1. The second-order valence-corrected chi connectivity index (χ2v) is 6.91. The summed E-state index contributed by atoms with van der Waals surface area (Å²) >= 11 is 0. The Morgan fingerprint density at radius 3 is 2.67 bits per heavy atom. The number of hydrogen-bond donors (Lipinski definition) is 0. The summed E-state index contributed by atoms with van der Waals surface area (Å²) in [6, 6.07) is 12.0. The number of fused-ring (bicyclic) bond motifs is 1. The van der Waals surface area contributed by atoms with Gasteiger partial charge in [-0.15, -0.1) is 0 Å². The smallest absolute Gasteiger partial charge is 0.236 e. The number of oxazole rings is 1. The molecule has 1 amide bonds. The minimum absolute atomic E-state index is 0.142. The number of aromatic nitrogens is 1. The van der Waals surface area contributed by atoms with E-state index in [4.69, 9.17) is 14.1 Å². The molecule has 6 heteroatoms. The number of hydrogen-bond acceptors (Lipinski definition) is 5. The zero-order valence-corrected chi connectivity index (χ0v) is 15.9. The molecule has 3 aromatic rings. The predicted octanol–water partition coefficient (Wildman–Crippen LogP) is 3.09. The lowest BCUT2D eigenvalue weighted by molar-refractivity contribution is -0.134. The van der Waals surface area contributed by atoms with Gasteiger partial charge < -0.3 is 14.1 Å². The van der Waals surface area contributed by atoms with Crippen LogP contribution >= 0.6 is 0 Å². The second kappa shape index (κ2) is 7.04. The number of carbonyl (C=O) groups is 1. The molecule has 2 heterocycles. The third-order valence-electron chi connectivity index (χ3n) is 5.14. The molecule has 0 radical (unpaired) electrons. The van der Waals surface area contributed by atoms with Crippen molar-refractivity contribution in [1.82, 2.24) is 14.8 Å². The largest absolute Gasteiger partial charge is 0.496 e. The molecule has 27 heavy (non-hydrogen) atoms. The van der Waals surface area contributed by atoms with E-state index in [0.29, 0.717) is 19.0 Å². The number of carbonyl (C=O) groups excluding carboxylic acids is 1. The van der Waals surface area contributed by atoms with E-state index in [9.17, 15) is 4.79 Å². The first-order valence-corrected chi connectivity index (χ1v) is 9.05. The van der Waals surface area contributed by atoms with Crippen LogP contribution in [0.1, 0.15) is 11.5 Å². The normalized spacial score (nSPS) is 15.5. The van der Waals surface area contributed by atoms with Gasteiger partial charge in [0.05, 0.1) is 19.3 Å². The summed E-state index contributed by atoms with van der Waals surface area (Å²) in [5, 5.41) is 2.07. The van der Waals surface area contributed by atoms with Crippen LogP contribution in [0.5, 0.6) is 5.75 Å². The lowest BCUT2D eigenvalue weighted by Crippen LogP contribution is -2.48. The molecule has 1 saturated heterocycles. The van der Waals surface area contributed by atoms with Crippen LogP contribution in [0.4, 0.5) is 0 Å². The molecule has 2 aromatic carbocycles. The highest BCUT2D eigenvalue weighted by Gasteiger charge is 2.23. The van der Waals surface area contributed by atoms with Crippen molar-refractivity contribution in [3.8, 4) is 17.2 Å². The van der Waals surface area contributed by atoms with Crippen molar-refractivity contribution in [2.75, 3.05) is 33.8 Å². The Labute approximate surface area is 158 Å². The number of rotatable bonds is 4. The van der Waals surface area contributed by atoms with E-state index in [-0.39, 0.29) is 5.91 Å². The van der Waals surface area contributed by atoms with Gasteiger partial charge in [0.15, 0.2) is 0 Å². The Morgan fingerprint density at radius 2 is 1.93 bits per heavy atom. The van der Waals surface area contributed by atoms with Gasteiger partial charge in [-0.2, -0.15) is 0 Å². The molecule has 1 aliphatic heterocycles. The van der Waals surface area contributed by atoms with Crippen LogP contribution in [0.3, 0.4) is 0 Å². The van der Waals surface area contributed by atoms with Gasteiger partial charge in [-0.05, 0) is 24.4 Å². The fourth-order valence-electron chi connectivity index (χ4n) is 3.48. The summed E-state index contributed by atoms with van der Waals surface area (Å²) in [5.74, 6) is 2.36. The summed E-state index contributed by atoms with van der Waals surface area (Å²) in [6.45, 7) is 4.54. The van der Waals surface area contributed by atoms with Gasteiger partial charge in [0, 0.05) is 37.6 Å². The number of ether oxygens (including phenoxy) is 1. The SMILES string of the molecule is COc1ccc(-c2nc(CN3CCN(C)C(=O)C3)c(C)o2)c2ccccc12. The van der Waals surface area contributed by atoms with E-state index in [2.05, 4.69) is 4.90 Å². The van der Waals surface area contributed by atoms with Crippen molar-refractivity contribution in [3.05, 3.63) is 47.9 Å². The molecular weight excluding hydrogens is 342 g/mol. The van der Waals surface area contributed by atoms with Crippen molar-refractivity contribution < 1.29 is 13.9 Å². The predicted molar refractivity (Wildman–Crippen MR) is 104 cm³/mol. The van der Waals surface area contributed by atoms with Crippen LogP contribution in [0.2, 0.25) is 0 Å². The Balaban J connectivity index is 1.66. The topological polar surface area (TPSA) is 58.8 Å². The third-order valence-corrected chi connectivity index (χ3v) is 5.14. The number of likely N-dealkylation sites (N-methyl/N-ethyl adjacent to an activating group) is 1. The van der Waals surface area contributed by atoms with Crippen molar-refractivity contribution >= 4 is 16.7 Å². The minimum Gasteiger partial charge on any atom is -0.496 e. The number of aryl methyl sites for hydroxylation is 1. The number of benzene rings is 2. The van der Waals surface area contributed by atoms with E-state index in [0.717, 1.165) is 46.6 Å². The summed E-state index contributed by atoms with van der Waals surface area (Å²) in [6.07, 6.45) is 0. The number of methoxy groups -OCH3 is 1. The molecule has 0 aliphatic carbocycles. The highest BCUT2D eigenvalue weighted by atomic mass is 16.5. The highest BCUT2D eigenvalue weighted by Crippen LogP contribution is 2.34. The molecule has 0 N–H and O–H groups in total. The number of piperazine rings is 1. The molecule has 1 fully saturated rings. The molecule has 0 bridgehead atoms. The van der Waals surface area contributed by atoms with E-state index in [1.165, 1.54) is 0 Å². The Kier molecular flexibility index (Phi) is 4.58. The fourth-order valence-corrected chi connectivity index (χ4v) is 3.48. The average Bonchev–Trinajstić information content (AvgIpc) is 3.04. The molecule has 4 rings (SSSR count). The van der Waals surface area contributed by atoms with E-state index < -0.39 is 0 Å². The van der Waals surface area contributed by atoms with Crippen LogP contribution in [-0.2, 0) is 11.3 Å². The first-order chi connectivity index (χ1) is 13.1. The monoisotopic (exact) mass is 365 g/mol. The van der Waals surface area contributed by atoms with Gasteiger partial charge in [-0.3, -0.25) is 9.69 Å². The van der Waals surface area contributed by atoms with Gasteiger partial charge in [0.2, 0.25) is 11.8 Å². The summed E-state index contributed by atoms with van der Waals surface area (Å²) in [5.41, 5.74) is 1.82. The van der Waals surface area contributed by atoms with E-state index >= 15 is 0 Å². The minimum atomic E-state index is 0.142. The lowest BCUT2D eigenvalue weighted by Gasteiger charge is -2.31. The maximum atomic E-state index is 11.9. The molecule has 0 atom stereocenters. The van der Waals surface area contributed by atoms with Crippen LogP contribution < -0.4 is 4.74 Å². The number of nitrogens with zero attached hydrogens (tertiary/aromatic N) is 3. The van der Waals surface area contributed by atoms with Crippen LogP contribution in [0, 0.1) is 6.92 Å². The molecule has 1 aromatic heterocycles. The lowest BCUT2D eigenvalue weighted by atomic mass is 10.0. The van der Waals surface area contributed by atoms with Gasteiger partial charge in [0.1, 0.15) is 11.5 Å². The third kappa shape index (κ3) is 3.28. The van der Waals surface area contributed by atoms with Gasteiger partial charge in [0.25, 0.3) is 0 Å². The molecule has 1 aliphatic rings. The van der Waals surface area contributed by atoms with E-state index in [1.807, 2.05) is 50.4 Å². The molecular formula is C21H23N3O3. The molecule has 140 valence electrons. The van der Waals surface area contributed by atoms with Gasteiger partial charge >= 0.3 is 0 Å². The van der Waals surface area contributed by atoms with Crippen molar-refractivity contribution in [2.24, 2.45) is 0 Å². The molecule has 6 nitrogen and oxygen atoms in total. The molecule has 0 spiro atoms. The summed E-state index contributed by atoms with van der Waals surface area (Å²) < 4.78 is 11.5. The molecule has 0 saturated carbocycles. The Bertz CT molecular complexity index is 996. The second-order valence-electron chi connectivity index (χ2n) is 6.91. The van der Waals surface area contributed by atoms with Crippen LogP contribution in [0.25, 0.3) is 22.2 Å². The van der Waals surface area contributed by atoms with E-state index in [1.54, 1.807) is 12.0 Å². The average molecular weight is 365 g/mol. The zero-order chi connectivity index (χ0) is 19.0. The standard InChI is InChI=1S/C21H23N3O3/c1-14-18(12-24-11-10-23(2)20(25)13-24)22-21(27-14)17-8-9-19(26-3)16-7-5-4-6-15(16)17/h4-9H,10-13H2,1-3H3. The van der Waals surface area contributed by atoms with Crippen molar-refractivity contribution in [1.29, 1.82) is 0 Å². The van der Waals surface area contributed by atoms with Gasteiger partial charge in [-0.25, -0.2) is 4.98 Å². The van der Waals surface area contributed by atoms with Crippen molar-refractivity contribution in [3.63, 3.8) is 0 Å². The van der Waals surface area contributed by atoms with Crippen molar-refractivity contribution in [2.45, 2.75) is 13.5 Å². The fraction of sp³-hybridized carbons (Fsp3) is 0.333. The quantitative estimate of drug-likeness (QED) is 0.711. The maximum absolute atomic E-state index is 11.9. The highest BCUT2D eigenvalue weighted by molar-refractivity contribution is 5.98. The van der Waals surface area contributed by atoms with Crippen LogP contribution in [-0.4, -0.2) is 54.5 Å². The van der Waals surface area contributed by atoms with Crippen LogP contribution in [0.15, 0.2) is 40.8 Å². The summed E-state index contributed by atoms with van der Waals surface area (Å²) in [4.78, 5) is 20.6. The molecule has 0 unspecified atom stereocenters. The van der Waals surface area contributed by atoms with Gasteiger partial charge in [-0.1, -0.05) is 24.3 Å². The Morgan fingerprint density at radius 1 is 1.15 bits per heavy atom.